The maximum atomic E-state index is 12.7. The Morgan fingerprint density at radius 3 is 2.43 bits per heavy atom. The Kier molecular flexibility index (Phi) is 5.42. The number of aromatic nitrogens is 3. The fourth-order valence-electron chi connectivity index (χ4n) is 3.91. The fourth-order valence-corrected chi connectivity index (χ4v) is 3.91. The number of anilines is 2. The van der Waals surface area contributed by atoms with E-state index in [9.17, 15) is 23.4 Å². The van der Waals surface area contributed by atoms with Gasteiger partial charge in [0.1, 0.15) is 0 Å². The van der Waals surface area contributed by atoms with Crippen molar-refractivity contribution in [1.82, 2.24) is 14.6 Å². The lowest BCUT2D eigenvalue weighted by Gasteiger charge is -2.34. The summed E-state index contributed by atoms with van der Waals surface area (Å²) < 4.78 is 39.9. The van der Waals surface area contributed by atoms with E-state index in [1.54, 1.807) is 4.52 Å². The van der Waals surface area contributed by atoms with Crippen LogP contribution < -0.4 is 5.32 Å². The van der Waals surface area contributed by atoms with E-state index in [2.05, 4.69) is 15.4 Å². The van der Waals surface area contributed by atoms with Gasteiger partial charge in [-0.15, -0.1) is 5.10 Å². The zero-order valence-electron chi connectivity index (χ0n) is 16.2. The van der Waals surface area contributed by atoms with Gasteiger partial charge in [0, 0.05) is 11.4 Å². The minimum atomic E-state index is -4.37. The average molecular weight is 420 g/mol. The molecule has 0 amide bonds. The number of hydrogen-bond donors (Lipinski definition) is 3. The third-order valence-electron chi connectivity index (χ3n) is 5.73. The fraction of sp³-hybridized carbons (Fsp3) is 0.429. The topological polar surface area (TPSA) is 82.7 Å². The van der Waals surface area contributed by atoms with Crippen LogP contribution in [0.3, 0.4) is 0 Å². The quantitative estimate of drug-likeness (QED) is 0.582. The number of hydrogen-bond acceptors (Lipinski definition) is 5. The average Bonchev–Trinajstić information content (AvgIpc) is 3.13. The van der Waals surface area contributed by atoms with Gasteiger partial charge in [0.15, 0.2) is 5.65 Å². The summed E-state index contributed by atoms with van der Waals surface area (Å²) in [7, 11) is 0. The number of aliphatic hydroxyl groups is 2. The maximum Gasteiger partial charge on any atom is 0.416 e. The van der Waals surface area contributed by atoms with Crippen molar-refractivity contribution in [1.29, 1.82) is 0 Å². The van der Waals surface area contributed by atoms with Gasteiger partial charge in [0.25, 0.3) is 0 Å². The molecular formula is C21H23F3N4O2. The van der Waals surface area contributed by atoms with Crippen LogP contribution in [0.4, 0.5) is 24.8 Å². The summed E-state index contributed by atoms with van der Waals surface area (Å²) in [5, 5.41) is 26.9. The van der Waals surface area contributed by atoms with Crippen LogP contribution in [0.2, 0.25) is 0 Å². The third kappa shape index (κ3) is 4.41. The van der Waals surface area contributed by atoms with Gasteiger partial charge in [-0.3, -0.25) is 0 Å². The molecule has 3 N–H and O–H groups in total. The normalized spacial score (nSPS) is 22.4. The summed E-state index contributed by atoms with van der Waals surface area (Å²) in [5.41, 5.74) is 0.411. The minimum absolute atomic E-state index is 0.211. The monoisotopic (exact) mass is 420 g/mol. The SMILES string of the molecule is OC[C@]1(O)CC[C@@H](Cc2cccc3nc(Nc4ccc(C(F)(F)F)cc4)nn23)CC1. The molecule has 1 aliphatic carbocycles. The molecule has 6 nitrogen and oxygen atoms in total. The largest absolute Gasteiger partial charge is 0.416 e. The molecule has 9 heteroatoms. The minimum Gasteiger partial charge on any atom is -0.393 e. The molecule has 0 unspecified atom stereocenters. The number of nitrogens with one attached hydrogen (secondary N) is 1. The van der Waals surface area contributed by atoms with E-state index >= 15 is 0 Å². The summed E-state index contributed by atoms with van der Waals surface area (Å²) in [4.78, 5) is 4.41. The van der Waals surface area contributed by atoms with E-state index < -0.39 is 17.3 Å². The molecule has 3 aromatic rings. The Morgan fingerprint density at radius 1 is 1.10 bits per heavy atom. The second kappa shape index (κ2) is 7.88. The highest BCUT2D eigenvalue weighted by molar-refractivity contribution is 5.56. The Labute approximate surface area is 171 Å². The van der Waals surface area contributed by atoms with Gasteiger partial charge in [-0.05, 0) is 74.4 Å². The third-order valence-corrected chi connectivity index (χ3v) is 5.73. The van der Waals surface area contributed by atoms with Crippen molar-refractivity contribution in [3.05, 3.63) is 53.7 Å². The summed E-state index contributed by atoms with van der Waals surface area (Å²) in [6, 6.07) is 10.4. The lowest BCUT2D eigenvalue weighted by molar-refractivity contribution is -0.137. The molecule has 2 heterocycles. The Morgan fingerprint density at radius 2 is 1.80 bits per heavy atom. The molecule has 4 rings (SSSR count). The van der Waals surface area contributed by atoms with Crippen LogP contribution in [0, 0.1) is 5.92 Å². The molecule has 160 valence electrons. The smallest absolute Gasteiger partial charge is 0.393 e. The van der Waals surface area contributed by atoms with Crippen LogP contribution in [0.5, 0.6) is 0 Å². The van der Waals surface area contributed by atoms with Crippen LogP contribution >= 0.6 is 0 Å². The second-order valence-corrected chi connectivity index (χ2v) is 7.95. The number of pyridine rings is 1. The number of aliphatic hydroxyl groups excluding tert-OH is 1. The molecule has 30 heavy (non-hydrogen) atoms. The van der Waals surface area contributed by atoms with Gasteiger partial charge in [-0.2, -0.15) is 18.2 Å². The van der Waals surface area contributed by atoms with Crippen molar-refractivity contribution >= 4 is 17.3 Å². The molecule has 1 aliphatic rings. The summed E-state index contributed by atoms with van der Waals surface area (Å²) in [5.74, 6) is 0.679. The first kappa shape index (κ1) is 20.6. The number of rotatable bonds is 5. The predicted octanol–water partition coefficient (Wildman–Crippen LogP) is 3.95. The van der Waals surface area contributed by atoms with Crippen LogP contribution in [-0.4, -0.2) is 37.0 Å². The van der Waals surface area contributed by atoms with Crippen LogP contribution in [0.15, 0.2) is 42.5 Å². The molecule has 0 spiro atoms. The lowest BCUT2D eigenvalue weighted by atomic mass is 9.77. The molecule has 0 atom stereocenters. The molecule has 1 fully saturated rings. The highest BCUT2D eigenvalue weighted by Gasteiger charge is 2.33. The van der Waals surface area contributed by atoms with Crippen molar-refractivity contribution in [2.45, 2.75) is 43.9 Å². The van der Waals surface area contributed by atoms with Crippen molar-refractivity contribution in [2.75, 3.05) is 11.9 Å². The number of nitrogens with zero attached hydrogens (tertiary/aromatic N) is 3. The molecular weight excluding hydrogens is 397 g/mol. The van der Waals surface area contributed by atoms with E-state index in [0.717, 1.165) is 37.1 Å². The standard InChI is InChI=1S/C21H23F3N4O2/c22-21(23,24)15-4-6-16(7-5-15)25-19-26-18-3-1-2-17(28(18)27-19)12-14-8-10-20(30,13-29)11-9-14/h1-7,14,29-30H,8-13H2,(H,25,27)/t14-,20+. The predicted molar refractivity (Wildman–Crippen MR) is 105 cm³/mol. The summed E-state index contributed by atoms with van der Waals surface area (Å²) in [6.45, 7) is -0.211. The first-order valence-electron chi connectivity index (χ1n) is 9.88. The lowest BCUT2D eigenvalue weighted by Crippen LogP contribution is -2.38. The van der Waals surface area contributed by atoms with Crippen molar-refractivity contribution < 1.29 is 23.4 Å². The summed E-state index contributed by atoms with van der Waals surface area (Å²) >= 11 is 0. The molecule has 2 aromatic heterocycles. The van der Waals surface area contributed by atoms with Gasteiger partial charge in [-0.1, -0.05) is 6.07 Å². The molecule has 0 radical (unpaired) electrons. The molecule has 0 bridgehead atoms. The number of benzene rings is 1. The molecule has 1 saturated carbocycles. The van der Waals surface area contributed by atoms with Crippen LogP contribution in [-0.2, 0) is 12.6 Å². The first-order chi connectivity index (χ1) is 14.3. The maximum absolute atomic E-state index is 12.7. The van der Waals surface area contributed by atoms with Crippen LogP contribution in [0.1, 0.15) is 36.9 Å². The van der Waals surface area contributed by atoms with Gasteiger partial charge in [0.2, 0.25) is 5.95 Å². The van der Waals surface area contributed by atoms with Gasteiger partial charge in [-0.25, -0.2) is 4.52 Å². The zero-order chi connectivity index (χ0) is 21.4. The van der Waals surface area contributed by atoms with E-state index in [-0.39, 0.29) is 6.61 Å². The zero-order valence-corrected chi connectivity index (χ0v) is 16.2. The second-order valence-electron chi connectivity index (χ2n) is 7.95. The first-order valence-corrected chi connectivity index (χ1v) is 9.88. The summed E-state index contributed by atoms with van der Waals surface area (Å²) in [6.07, 6.45) is -0.829. The van der Waals surface area contributed by atoms with Crippen molar-refractivity contribution in [3.63, 3.8) is 0 Å². The molecule has 0 saturated heterocycles. The Bertz CT molecular complexity index is 1010. The van der Waals surface area contributed by atoms with Crippen molar-refractivity contribution in [3.8, 4) is 0 Å². The Hall–Kier alpha value is -2.65. The molecule has 1 aromatic carbocycles. The van der Waals surface area contributed by atoms with Crippen molar-refractivity contribution in [2.24, 2.45) is 5.92 Å². The molecule has 0 aliphatic heterocycles. The Balaban J connectivity index is 1.48. The number of halogens is 3. The van der Waals surface area contributed by atoms with E-state index in [1.807, 2.05) is 18.2 Å². The van der Waals surface area contributed by atoms with E-state index in [0.29, 0.717) is 36.0 Å². The van der Waals surface area contributed by atoms with Crippen LogP contribution in [0.25, 0.3) is 5.65 Å². The van der Waals surface area contributed by atoms with E-state index in [1.165, 1.54) is 12.1 Å². The number of fused-ring (bicyclic) bond motifs is 1. The van der Waals surface area contributed by atoms with E-state index in [4.69, 9.17) is 0 Å². The number of alkyl halides is 3. The highest BCUT2D eigenvalue weighted by atomic mass is 19.4. The van der Waals surface area contributed by atoms with Gasteiger partial charge >= 0.3 is 6.18 Å². The van der Waals surface area contributed by atoms with Gasteiger partial charge in [0.05, 0.1) is 17.8 Å². The highest BCUT2D eigenvalue weighted by Crippen LogP contribution is 2.34. The van der Waals surface area contributed by atoms with Gasteiger partial charge < -0.3 is 15.5 Å².